The highest BCUT2D eigenvalue weighted by atomic mass is 19.1. The first-order chi connectivity index (χ1) is 13.2. The van der Waals surface area contributed by atoms with Gasteiger partial charge in [0.1, 0.15) is 16.8 Å². The number of nitrogens with zero attached hydrogens (tertiary/aromatic N) is 1. The summed E-state index contributed by atoms with van der Waals surface area (Å²) in [7, 11) is 0. The topological polar surface area (TPSA) is 26.0 Å². The maximum atomic E-state index is 15.7. The zero-order valence-corrected chi connectivity index (χ0v) is 14.7. The Bertz CT molecular complexity index is 1270. The van der Waals surface area contributed by atoms with Crippen molar-refractivity contribution in [3.63, 3.8) is 0 Å². The molecule has 27 heavy (non-hydrogen) atoms. The van der Waals surface area contributed by atoms with E-state index >= 15 is 4.39 Å². The van der Waals surface area contributed by atoms with Gasteiger partial charge in [-0.25, -0.2) is 9.37 Å². The number of fused-ring (bicyclic) bond motifs is 3. The van der Waals surface area contributed by atoms with E-state index in [0.29, 0.717) is 22.4 Å². The van der Waals surface area contributed by atoms with E-state index in [1.54, 1.807) is 0 Å². The summed E-state index contributed by atoms with van der Waals surface area (Å²) in [6.45, 7) is 2.01. The predicted molar refractivity (Wildman–Crippen MR) is 107 cm³/mol. The molecule has 0 aliphatic heterocycles. The smallest absolute Gasteiger partial charge is 0.164 e. The van der Waals surface area contributed by atoms with Crippen LogP contribution < -0.4 is 0 Å². The highest BCUT2D eigenvalue weighted by Crippen LogP contribution is 2.40. The average Bonchev–Trinajstić information content (AvgIpc) is 3.05. The van der Waals surface area contributed by atoms with Crippen molar-refractivity contribution in [2.24, 2.45) is 0 Å². The molecule has 0 fully saturated rings. The summed E-state index contributed by atoms with van der Waals surface area (Å²) < 4.78 is 21.7. The van der Waals surface area contributed by atoms with Crippen LogP contribution in [0.5, 0.6) is 0 Å². The molecule has 2 aromatic heterocycles. The summed E-state index contributed by atoms with van der Waals surface area (Å²) in [6, 6.07) is 24.9. The van der Waals surface area contributed by atoms with Crippen molar-refractivity contribution >= 4 is 22.1 Å². The first kappa shape index (κ1) is 15.8. The van der Waals surface area contributed by atoms with Gasteiger partial charge in [-0.1, -0.05) is 66.7 Å². The quantitative estimate of drug-likeness (QED) is 0.350. The predicted octanol–water partition coefficient (Wildman–Crippen LogP) is 6.76. The van der Waals surface area contributed by atoms with Crippen LogP contribution in [-0.2, 0) is 0 Å². The van der Waals surface area contributed by atoms with E-state index < -0.39 is 0 Å². The molecule has 0 aliphatic rings. The van der Waals surface area contributed by atoms with E-state index in [-0.39, 0.29) is 5.82 Å². The van der Waals surface area contributed by atoms with Gasteiger partial charge >= 0.3 is 0 Å². The van der Waals surface area contributed by atoms with E-state index in [0.717, 1.165) is 27.7 Å². The highest BCUT2D eigenvalue weighted by Gasteiger charge is 2.22. The van der Waals surface area contributed by atoms with Gasteiger partial charge in [0.2, 0.25) is 0 Å². The van der Waals surface area contributed by atoms with Crippen LogP contribution >= 0.6 is 0 Å². The summed E-state index contributed by atoms with van der Waals surface area (Å²) in [4.78, 5) is 4.68. The maximum Gasteiger partial charge on any atom is 0.164 e. The standard InChI is InChI=1S/C24H16FNO/c1-15-12-13-18-19(14-15)27-24-20(16-8-4-2-5-9-16)21(25)22(26-23(18)24)17-10-6-3-7-11-17/h2-14H,1H3. The van der Waals surface area contributed by atoms with Gasteiger partial charge in [0.05, 0.1) is 5.56 Å². The van der Waals surface area contributed by atoms with E-state index in [4.69, 9.17) is 4.42 Å². The van der Waals surface area contributed by atoms with Gasteiger partial charge in [-0.05, 0) is 30.2 Å². The summed E-state index contributed by atoms with van der Waals surface area (Å²) in [5.41, 5.74) is 5.29. The minimum absolute atomic E-state index is 0.338. The van der Waals surface area contributed by atoms with Gasteiger partial charge in [0.15, 0.2) is 11.4 Å². The second-order valence-electron chi connectivity index (χ2n) is 6.66. The fourth-order valence-electron chi connectivity index (χ4n) is 3.50. The number of pyridine rings is 1. The first-order valence-corrected chi connectivity index (χ1v) is 8.85. The molecule has 5 aromatic rings. The van der Waals surface area contributed by atoms with Crippen LogP contribution in [0.15, 0.2) is 83.3 Å². The number of aromatic nitrogens is 1. The molecule has 3 heteroatoms. The molecule has 0 saturated carbocycles. The lowest BCUT2D eigenvalue weighted by Gasteiger charge is -2.09. The summed E-state index contributed by atoms with van der Waals surface area (Å²) >= 11 is 0. The molecule has 0 radical (unpaired) electrons. The number of aryl methyl sites for hydroxylation is 1. The molecule has 0 atom stereocenters. The van der Waals surface area contributed by atoms with Crippen LogP contribution in [0.25, 0.3) is 44.5 Å². The lowest BCUT2D eigenvalue weighted by molar-refractivity contribution is 0.620. The lowest BCUT2D eigenvalue weighted by Crippen LogP contribution is -1.95. The van der Waals surface area contributed by atoms with Gasteiger partial charge in [0, 0.05) is 10.9 Å². The fourth-order valence-corrected chi connectivity index (χ4v) is 3.50. The summed E-state index contributed by atoms with van der Waals surface area (Å²) in [5.74, 6) is -0.365. The first-order valence-electron chi connectivity index (χ1n) is 8.85. The number of rotatable bonds is 2. The highest BCUT2D eigenvalue weighted by molar-refractivity contribution is 6.08. The van der Waals surface area contributed by atoms with Crippen LogP contribution in [0.4, 0.5) is 4.39 Å². The molecule has 2 nitrogen and oxygen atoms in total. The Balaban J connectivity index is 1.95. The Morgan fingerprint density at radius 1 is 0.815 bits per heavy atom. The molecule has 3 aromatic carbocycles. The minimum atomic E-state index is -0.365. The molecule has 0 N–H and O–H groups in total. The van der Waals surface area contributed by atoms with Crippen molar-refractivity contribution in [1.82, 2.24) is 4.98 Å². The summed E-state index contributed by atoms with van der Waals surface area (Å²) in [6.07, 6.45) is 0. The number of halogens is 1. The third-order valence-corrected chi connectivity index (χ3v) is 4.81. The Morgan fingerprint density at radius 2 is 1.48 bits per heavy atom. The van der Waals surface area contributed by atoms with E-state index in [1.165, 1.54) is 0 Å². The third-order valence-electron chi connectivity index (χ3n) is 4.81. The largest absolute Gasteiger partial charge is 0.454 e. The van der Waals surface area contributed by atoms with Gasteiger partial charge < -0.3 is 4.42 Å². The molecule has 2 heterocycles. The van der Waals surface area contributed by atoms with Crippen LogP contribution in [0, 0.1) is 12.7 Å². The molecule has 0 aliphatic carbocycles. The van der Waals surface area contributed by atoms with Gasteiger partial charge in [-0.15, -0.1) is 0 Å². The molecule has 0 bridgehead atoms. The minimum Gasteiger partial charge on any atom is -0.454 e. The van der Waals surface area contributed by atoms with Crippen molar-refractivity contribution in [2.45, 2.75) is 6.92 Å². The average molecular weight is 353 g/mol. The van der Waals surface area contributed by atoms with Crippen LogP contribution in [0.2, 0.25) is 0 Å². The molecule has 0 saturated heterocycles. The van der Waals surface area contributed by atoms with Crippen molar-refractivity contribution in [3.05, 3.63) is 90.2 Å². The van der Waals surface area contributed by atoms with Crippen LogP contribution in [0.3, 0.4) is 0 Å². The van der Waals surface area contributed by atoms with Crippen molar-refractivity contribution < 1.29 is 8.81 Å². The lowest BCUT2D eigenvalue weighted by atomic mass is 10.0. The Hall–Kier alpha value is -3.46. The normalized spacial score (nSPS) is 11.3. The Labute approximate surface area is 155 Å². The zero-order chi connectivity index (χ0) is 18.4. The van der Waals surface area contributed by atoms with Crippen molar-refractivity contribution in [2.75, 3.05) is 0 Å². The Morgan fingerprint density at radius 3 is 2.19 bits per heavy atom. The van der Waals surface area contributed by atoms with E-state index in [9.17, 15) is 0 Å². The van der Waals surface area contributed by atoms with Gasteiger partial charge in [-0.2, -0.15) is 0 Å². The third kappa shape index (κ3) is 2.51. The van der Waals surface area contributed by atoms with E-state index in [2.05, 4.69) is 4.98 Å². The molecule has 0 unspecified atom stereocenters. The number of hydrogen-bond acceptors (Lipinski definition) is 2. The van der Waals surface area contributed by atoms with Gasteiger partial charge in [0.25, 0.3) is 0 Å². The molecular formula is C24H16FNO. The molecular weight excluding hydrogens is 337 g/mol. The monoisotopic (exact) mass is 353 g/mol. The molecule has 0 spiro atoms. The molecule has 130 valence electrons. The SMILES string of the molecule is Cc1ccc2c(c1)oc1c(-c3ccccc3)c(F)c(-c3ccccc3)nc12. The summed E-state index contributed by atoms with van der Waals surface area (Å²) in [5, 5.41) is 0.893. The second kappa shape index (κ2) is 6.06. The van der Waals surface area contributed by atoms with E-state index in [1.807, 2.05) is 85.8 Å². The van der Waals surface area contributed by atoms with Gasteiger partial charge in [-0.3, -0.25) is 0 Å². The fraction of sp³-hybridized carbons (Fsp3) is 0.0417. The van der Waals surface area contributed by atoms with Crippen molar-refractivity contribution in [1.29, 1.82) is 0 Å². The zero-order valence-electron chi connectivity index (χ0n) is 14.7. The second-order valence-corrected chi connectivity index (χ2v) is 6.66. The van der Waals surface area contributed by atoms with Crippen LogP contribution in [-0.4, -0.2) is 4.98 Å². The maximum absolute atomic E-state index is 15.7. The Kier molecular flexibility index (Phi) is 3.54. The van der Waals surface area contributed by atoms with Crippen molar-refractivity contribution in [3.8, 4) is 22.4 Å². The van der Waals surface area contributed by atoms with Crippen LogP contribution in [0.1, 0.15) is 5.56 Å². The molecule has 0 amide bonds. The number of furan rings is 1. The number of hydrogen-bond donors (Lipinski definition) is 0. The number of benzene rings is 3. The molecule has 5 rings (SSSR count).